The molecule has 1 aliphatic rings. The molecular weight excluding hydrogens is 190 g/mol. The highest BCUT2D eigenvalue weighted by Crippen LogP contribution is 2.16. The standard InChI is InChI=1S/C11H19N3O/c1-2-14-6-5-13-11(14)8-9(12)10-4-3-7-15-10/h5-6,9-10H,2-4,7-8,12H2,1H3. The van der Waals surface area contributed by atoms with Crippen LogP contribution in [-0.2, 0) is 17.7 Å². The van der Waals surface area contributed by atoms with Gasteiger partial charge in [-0.05, 0) is 19.8 Å². The van der Waals surface area contributed by atoms with Crippen LogP contribution in [0.3, 0.4) is 0 Å². The van der Waals surface area contributed by atoms with Crippen molar-refractivity contribution in [3.05, 3.63) is 18.2 Å². The molecule has 2 heterocycles. The maximum absolute atomic E-state index is 6.12. The summed E-state index contributed by atoms with van der Waals surface area (Å²) in [4.78, 5) is 4.33. The molecular formula is C11H19N3O. The number of nitrogens with two attached hydrogens (primary N) is 1. The highest BCUT2D eigenvalue weighted by molar-refractivity contribution is 4.97. The van der Waals surface area contributed by atoms with Crippen LogP contribution in [0.1, 0.15) is 25.6 Å². The molecule has 0 amide bonds. The molecule has 1 aliphatic heterocycles. The fourth-order valence-corrected chi connectivity index (χ4v) is 2.10. The van der Waals surface area contributed by atoms with Gasteiger partial charge in [0.25, 0.3) is 0 Å². The largest absolute Gasteiger partial charge is 0.377 e. The van der Waals surface area contributed by atoms with Gasteiger partial charge in [0, 0.05) is 38.0 Å². The molecule has 2 atom stereocenters. The van der Waals surface area contributed by atoms with Crippen molar-refractivity contribution in [3.63, 3.8) is 0 Å². The van der Waals surface area contributed by atoms with Crippen molar-refractivity contribution in [1.29, 1.82) is 0 Å². The molecule has 0 radical (unpaired) electrons. The van der Waals surface area contributed by atoms with Gasteiger partial charge in [0.2, 0.25) is 0 Å². The van der Waals surface area contributed by atoms with Crippen molar-refractivity contribution in [2.24, 2.45) is 5.73 Å². The van der Waals surface area contributed by atoms with Gasteiger partial charge in [-0.15, -0.1) is 0 Å². The van der Waals surface area contributed by atoms with Crippen molar-refractivity contribution >= 4 is 0 Å². The number of aromatic nitrogens is 2. The van der Waals surface area contributed by atoms with Crippen molar-refractivity contribution < 1.29 is 4.74 Å². The minimum absolute atomic E-state index is 0.0835. The minimum Gasteiger partial charge on any atom is -0.377 e. The van der Waals surface area contributed by atoms with Crippen LogP contribution in [0.2, 0.25) is 0 Å². The maximum Gasteiger partial charge on any atom is 0.110 e. The van der Waals surface area contributed by atoms with E-state index in [0.29, 0.717) is 0 Å². The molecule has 1 saturated heterocycles. The number of aryl methyl sites for hydroxylation is 1. The molecule has 15 heavy (non-hydrogen) atoms. The zero-order chi connectivity index (χ0) is 10.7. The van der Waals surface area contributed by atoms with E-state index in [1.54, 1.807) is 0 Å². The lowest BCUT2D eigenvalue weighted by Gasteiger charge is -2.18. The molecule has 1 aromatic heterocycles. The van der Waals surface area contributed by atoms with E-state index < -0.39 is 0 Å². The van der Waals surface area contributed by atoms with Crippen LogP contribution in [-0.4, -0.2) is 28.3 Å². The summed E-state index contributed by atoms with van der Waals surface area (Å²) in [6.45, 7) is 3.93. The van der Waals surface area contributed by atoms with E-state index >= 15 is 0 Å². The molecule has 2 unspecified atom stereocenters. The van der Waals surface area contributed by atoms with Crippen LogP contribution < -0.4 is 5.73 Å². The van der Waals surface area contributed by atoms with E-state index in [0.717, 1.165) is 38.2 Å². The lowest BCUT2D eigenvalue weighted by Crippen LogP contribution is -2.36. The summed E-state index contributed by atoms with van der Waals surface area (Å²) < 4.78 is 7.71. The van der Waals surface area contributed by atoms with Gasteiger partial charge in [-0.25, -0.2) is 4.98 Å². The molecule has 2 rings (SSSR count). The highest BCUT2D eigenvalue weighted by Gasteiger charge is 2.23. The Morgan fingerprint density at radius 3 is 3.27 bits per heavy atom. The molecule has 2 N–H and O–H groups in total. The maximum atomic E-state index is 6.12. The third-order valence-corrected chi connectivity index (χ3v) is 3.00. The molecule has 0 aromatic carbocycles. The monoisotopic (exact) mass is 209 g/mol. The Balaban J connectivity index is 1.95. The first-order valence-corrected chi connectivity index (χ1v) is 5.68. The van der Waals surface area contributed by atoms with Gasteiger partial charge < -0.3 is 15.0 Å². The van der Waals surface area contributed by atoms with E-state index in [1.807, 2.05) is 12.4 Å². The zero-order valence-corrected chi connectivity index (χ0v) is 9.22. The quantitative estimate of drug-likeness (QED) is 0.803. The number of rotatable bonds is 4. The van der Waals surface area contributed by atoms with Crippen LogP contribution in [0.15, 0.2) is 12.4 Å². The van der Waals surface area contributed by atoms with E-state index in [4.69, 9.17) is 10.5 Å². The first-order valence-electron chi connectivity index (χ1n) is 5.68. The molecule has 0 saturated carbocycles. The first-order chi connectivity index (χ1) is 7.31. The average Bonchev–Trinajstić information content (AvgIpc) is 2.87. The third kappa shape index (κ3) is 2.38. The number of hydrogen-bond acceptors (Lipinski definition) is 3. The zero-order valence-electron chi connectivity index (χ0n) is 9.22. The normalized spacial score (nSPS) is 23.2. The number of ether oxygens (including phenoxy) is 1. The predicted octanol–water partition coefficient (Wildman–Crippen LogP) is 0.952. The Hall–Kier alpha value is -0.870. The van der Waals surface area contributed by atoms with Crippen LogP contribution in [0.4, 0.5) is 0 Å². The second kappa shape index (κ2) is 4.77. The molecule has 0 spiro atoms. The Morgan fingerprint density at radius 2 is 2.60 bits per heavy atom. The third-order valence-electron chi connectivity index (χ3n) is 3.00. The van der Waals surface area contributed by atoms with Gasteiger partial charge in [0.15, 0.2) is 0 Å². The van der Waals surface area contributed by atoms with Crippen molar-refractivity contribution in [1.82, 2.24) is 9.55 Å². The SMILES string of the molecule is CCn1ccnc1CC(N)C1CCCO1. The van der Waals surface area contributed by atoms with E-state index in [-0.39, 0.29) is 12.1 Å². The Morgan fingerprint density at radius 1 is 1.73 bits per heavy atom. The summed E-state index contributed by atoms with van der Waals surface area (Å²) in [5.41, 5.74) is 6.12. The second-order valence-electron chi connectivity index (χ2n) is 4.05. The van der Waals surface area contributed by atoms with Gasteiger partial charge in [0.05, 0.1) is 6.10 Å². The molecule has 84 valence electrons. The van der Waals surface area contributed by atoms with Crippen LogP contribution >= 0.6 is 0 Å². The van der Waals surface area contributed by atoms with Gasteiger partial charge >= 0.3 is 0 Å². The number of hydrogen-bond donors (Lipinski definition) is 1. The fraction of sp³-hybridized carbons (Fsp3) is 0.727. The van der Waals surface area contributed by atoms with Crippen molar-refractivity contribution in [3.8, 4) is 0 Å². The van der Waals surface area contributed by atoms with Crippen LogP contribution in [0.25, 0.3) is 0 Å². The number of nitrogens with zero attached hydrogens (tertiary/aromatic N) is 2. The summed E-state index contributed by atoms with van der Waals surface area (Å²) in [5, 5.41) is 0. The average molecular weight is 209 g/mol. The Kier molecular flexibility index (Phi) is 3.38. The lowest BCUT2D eigenvalue weighted by molar-refractivity contribution is 0.0892. The van der Waals surface area contributed by atoms with E-state index in [9.17, 15) is 0 Å². The molecule has 4 heteroatoms. The summed E-state index contributed by atoms with van der Waals surface area (Å²) in [6, 6.07) is 0.0835. The van der Waals surface area contributed by atoms with Gasteiger partial charge in [-0.3, -0.25) is 0 Å². The molecule has 0 aliphatic carbocycles. The van der Waals surface area contributed by atoms with Crippen LogP contribution in [0.5, 0.6) is 0 Å². The molecule has 4 nitrogen and oxygen atoms in total. The van der Waals surface area contributed by atoms with E-state index in [1.165, 1.54) is 0 Å². The smallest absolute Gasteiger partial charge is 0.110 e. The predicted molar refractivity (Wildman–Crippen MR) is 58.6 cm³/mol. The Labute approximate surface area is 90.4 Å². The number of imidazole rings is 1. The second-order valence-corrected chi connectivity index (χ2v) is 4.05. The summed E-state index contributed by atoms with van der Waals surface area (Å²) in [7, 11) is 0. The van der Waals surface area contributed by atoms with Crippen LogP contribution in [0, 0.1) is 0 Å². The highest BCUT2D eigenvalue weighted by atomic mass is 16.5. The van der Waals surface area contributed by atoms with E-state index in [2.05, 4.69) is 16.5 Å². The van der Waals surface area contributed by atoms with Crippen molar-refractivity contribution in [2.75, 3.05) is 6.61 Å². The topological polar surface area (TPSA) is 53.1 Å². The first kappa shape index (κ1) is 10.6. The molecule has 1 fully saturated rings. The fourth-order valence-electron chi connectivity index (χ4n) is 2.10. The molecule has 0 bridgehead atoms. The molecule has 1 aromatic rings. The van der Waals surface area contributed by atoms with Gasteiger partial charge in [0.1, 0.15) is 5.82 Å². The van der Waals surface area contributed by atoms with Crippen molar-refractivity contribution in [2.45, 2.75) is 44.9 Å². The minimum atomic E-state index is 0.0835. The summed E-state index contributed by atoms with van der Waals surface area (Å²) in [6.07, 6.45) is 7.10. The Bertz CT molecular complexity index is 305. The van der Waals surface area contributed by atoms with Gasteiger partial charge in [-0.2, -0.15) is 0 Å². The van der Waals surface area contributed by atoms with Gasteiger partial charge in [-0.1, -0.05) is 0 Å². The lowest BCUT2D eigenvalue weighted by atomic mass is 10.1. The summed E-state index contributed by atoms with van der Waals surface area (Å²) >= 11 is 0. The summed E-state index contributed by atoms with van der Waals surface area (Å²) in [5.74, 6) is 1.07.